The maximum atomic E-state index is 13.8. The van der Waals surface area contributed by atoms with Crippen molar-refractivity contribution in [3.63, 3.8) is 0 Å². The topological polar surface area (TPSA) is 120 Å². The summed E-state index contributed by atoms with van der Waals surface area (Å²) in [5.41, 5.74) is -0.894. The molecule has 1 aromatic heterocycles. The third-order valence-corrected chi connectivity index (χ3v) is 8.90. The zero-order chi connectivity index (χ0) is 20.5. The highest BCUT2D eigenvalue weighted by molar-refractivity contribution is 7.61. The lowest BCUT2D eigenvalue weighted by Gasteiger charge is -2.26. The fourth-order valence-electron chi connectivity index (χ4n) is 3.73. The number of aromatic nitrogens is 2. The zero-order valence-corrected chi connectivity index (χ0v) is 17.5. The molecule has 0 saturated carbocycles. The molecular formula is C17H28N5O5P. The first-order valence-electron chi connectivity index (χ1n) is 9.46. The van der Waals surface area contributed by atoms with E-state index in [4.69, 9.17) is 4.74 Å². The minimum absolute atomic E-state index is 0.163. The fraction of sp³-hybridized carbons (Fsp3) is 0.765. The predicted molar refractivity (Wildman–Crippen MR) is 103 cm³/mol. The molecule has 5 atom stereocenters. The van der Waals surface area contributed by atoms with Gasteiger partial charge < -0.3 is 14.9 Å². The van der Waals surface area contributed by atoms with Crippen LogP contribution in [0.15, 0.2) is 17.1 Å². The van der Waals surface area contributed by atoms with Crippen molar-refractivity contribution in [3.8, 4) is 0 Å². The highest BCUT2D eigenvalue weighted by Gasteiger charge is 2.64. The number of aliphatic hydroxyl groups is 2. The first-order chi connectivity index (χ1) is 13.0. The number of hydrogen-bond acceptors (Lipinski definition) is 6. The largest absolute Gasteiger partial charge is 0.394 e. The van der Waals surface area contributed by atoms with Gasteiger partial charge in [0.05, 0.1) is 12.7 Å². The fourth-order valence-corrected chi connectivity index (χ4v) is 7.20. The van der Waals surface area contributed by atoms with E-state index in [2.05, 4.69) is 10.1 Å². The molecule has 0 aromatic carbocycles. The van der Waals surface area contributed by atoms with Crippen LogP contribution in [0.1, 0.15) is 40.3 Å². The molecule has 4 rings (SSSR count). The summed E-state index contributed by atoms with van der Waals surface area (Å²) >= 11 is 0. The molecule has 4 heterocycles. The van der Waals surface area contributed by atoms with E-state index in [1.165, 1.54) is 10.8 Å². The van der Waals surface area contributed by atoms with Crippen molar-refractivity contribution >= 4 is 13.4 Å². The molecule has 10 nitrogen and oxygen atoms in total. The van der Waals surface area contributed by atoms with E-state index in [9.17, 15) is 19.6 Å². The van der Waals surface area contributed by atoms with Gasteiger partial charge in [-0.05, 0) is 33.8 Å². The first-order valence-corrected chi connectivity index (χ1v) is 11.1. The van der Waals surface area contributed by atoms with Gasteiger partial charge in [-0.1, -0.05) is 0 Å². The average molecular weight is 413 g/mol. The second kappa shape index (κ2) is 6.35. The van der Waals surface area contributed by atoms with Crippen molar-refractivity contribution in [2.24, 2.45) is 0 Å². The van der Waals surface area contributed by atoms with Crippen molar-refractivity contribution in [1.82, 2.24) is 18.9 Å². The van der Waals surface area contributed by atoms with Crippen LogP contribution in [0, 0.1) is 0 Å². The summed E-state index contributed by atoms with van der Waals surface area (Å²) in [6.07, 6.45) is -0.535. The van der Waals surface area contributed by atoms with Gasteiger partial charge in [-0.2, -0.15) is 4.98 Å². The molecule has 2 unspecified atom stereocenters. The van der Waals surface area contributed by atoms with Crippen LogP contribution in [0.4, 0.5) is 5.82 Å². The van der Waals surface area contributed by atoms with E-state index >= 15 is 0 Å². The van der Waals surface area contributed by atoms with Gasteiger partial charge in [0.1, 0.15) is 18.1 Å². The molecule has 1 aromatic rings. The molecule has 0 aliphatic carbocycles. The third-order valence-electron chi connectivity index (χ3n) is 5.70. The van der Waals surface area contributed by atoms with Crippen LogP contribution >= 0.6 is 7.59 Å². The molecule has 0 bridgehead atoms. The number of ether oxygens (including phenoxy) is 1. The van der Waals surface area contributed by atoms with Gasteiger partial charge in [0, 0.05) is 36.8 Å². The molecule has 0 radical (unpaired) electrons. The van der Waals surface area contributed by atoms with Gasteiger partial charge >= 0.3 is 13.3 Å². The number of nitrogens with one attached hydrogen (secondary N) is 1. The van der Waals surface area contributed by atoms with E-state index < -0.39 is 31.7 Å². The summed E-state index contributed by atoms with van der Waals surface area (Å²) in [6.45, 7) is 9.22. The van der Waals surface area contributed by atoms with Crippen LogP contribution in [0.25, 0.3) is 0 Å². The predicted octanol–water partition coefficient (Wildman–Crippen LogP) is 0.592. The molecule has 28 heavy (non-hydrogen) atoms. The summed E-state index contributed by atoms with van der Waals surface area (Å²) in [4.78, 5) is 16.6. The zero-order valence-electron chi connectivity index (χ0n) is 16.6. The normalized spacial score (nSPS) is 37.3. The number of nitrogens with zero attached hydrogens (tertiary/aromatic N) is 4. The lowest BCUT2D eigenvalue weighted by Crippen LogP contribution is -2.29. The van der Waals surface area contributed by atoms with Gasteiger partial charge in [-0.25, -0.2) is 14.1 Å². The second-order valence-corrected chi connectivity index (χ2v) is 11.3. The molecule has 3 N–H and O–H groups in total. The van der Waals surface area contributed by atoms with Gasteiger partial charge in [0.2, 0.25) is 0 Å². The van der Waals surface area contributed by atoms with Gasteiger partial charge in [-0.15, -0.1) is 0 Å². The van der Waals surface area contributed by atoms with Crippen LogP contribution in [-0.4, -0.2) is 72.1 Å². The van der Waals surface area contributed by atoms with E-state index in [1.54, 1.807) is 6.07 Å². The molecule has 0 spiro atoms. The van der Waals surface area contributed by atoms with Crippen LogP contribution in [-0.2, 0) is 9.30 Å². The maximum Gasteiger partial charge on any atom is 0.351 e. The Balaban J connectivity index is 1.56. The van der Waals surface area contributed by atoms with Gasteiger partial charge in [0.25, 0.3) is 0 Å². The Kier molecular flexibility index (Phi) is 4.54. The minimum atomic E-state index is -3.09. The molecule has 11 heteroatoms. The average Bonchev–Trinajstić information content (AvgIpc) is 3.39. The molecular weight excluding hydrogens is 385 g/mol. The van der Waals surface area contributed by atoms with Gasteiger partial charge in [-0.3, -0.25) is 14.2 Å². The van der Waals surface area contributed by atoms with Crippen LogP contribution < -0.4 is 10.8 Å². The molecule has 0 amide bonds. The summed E-state index contributed by atoms with van der Waals surface area (Å²) in [7, 11) is -3.09. The number of aliphatic hydroxyl groups excluding tert-OH is 2. The summed E-state index contributed by atoms with van der Waals surface area (Å²) in [5.74, 6) is 0.243. The van der Waals surface area contributed by atoms with Crippen LogP contribution in [0.3, 0.4) is 0 Å². The maximum absolute atomic E-state index is 13.8. The number of rotatable bonds is 6. The standard InChI is InChI=1S/C17H28N5O5P/c1-16(2)9-21(16)28(26,22-10-17(22,3)4)19-13-5-6-20(15(25)18-13)14-7-11(24)12(8-23)27-14/h5-6,11-12,14,23-24H,7-10H2,1-4H3,(H,18,19,25,26)/t11-,12+,14+,21?,22?,28?/m0/s1. The smallest absolute Gasteiger partial charge is 0.351 e. The van der Waals surface area contributed by atoms with Crippen molar-refractivity contribution in [2.45, 2.75) is 63.6 Å². The molecule has 3 aliphatic heterocycles. The lowest BCUT2D eigenvalue weighted by molar-refractivity contribution is -0.0458. The minimum Gasteiger partial charge on any atom is -0.394 e. The first kappa shape index (κ1) is 20.0. The van der Waals surface area contributed by atoms with Crippen molar-refractivity contribution in [2.75, 3.05) is 24.8 Å². The van der Waals surface area contributed by atoms with Crippen molar-refractivity contribution in [1.29, 1.82) is 0 Å². The van der Waals surface area contributed by atoms with Crippen molar-refractivity contribution < 1.29 is 19.5 Å². The Hall–Kier alpha value is -1.29. The van der Waals surface area contributed by atoms with Crippen LogP contribution in [0.2, 0.25) is 0 Å². The van der Waals surface area contributed by atoms with E-state index in [-0.39, 0.29) is 29.9 Å². The molecule has 3 aliphatic rings. The van der Waals surface area contributed by atoms with E-state index in [0.29, 0.717) is 13.1 Å². The molecule has 3 saturated heterocycles. The Morgan fingerprint density at radius 2 is 1.86 bits per heavy atom. The van der Waals surface area contributed by atoms with Gasteiger partial charge in [0.15, 0.2) is 0 Å². The van der Waals surface area contributed by atoms with E-state index in [1.807, 2.05) is 37.0 Å². The molecule has 3 fully saturated rings. The highest BCUT2D eigenvalue weighted by atomic mass is 31.2. The highest BCUT2D eigenvalue weighted by Crippen LogP contribution is 2.68. The summed E-state index contributed by atoms with van der Waals surface area (Å²) in [6, 6.07) is 1.59. The lowest BCUT2D eigenvalue weighted by atomic mass is 10.2. The quantitative estimate of drug-likeness (QED) is 0.455. The second-order valence-electron chi connectivity index (χ2n) is 9.01. The number of hydrogen-bond donors (Lipinski definition) is 3. The molecule has 156 valence electrons. The Labute approximate surface area is 163 Å². The summed E-state index contributed by atoms with van der Waals surface area (Å²) in [5, 5.41) is 22.1. The van der Waals surface area contributed by atoms with Crippen molar-refractivity contribution in [3.05, 3.63) is 22.7 Å². The third kappa shape index (κ3) is 3.32. The monoisotopic (exact) mass is 413 g/mol. The van der Waals surface area contributed by atoms with E-state index in [0.717, 1.165) is 0 Å². The number of anilines is 1. The Bertz CT molecular complexity index is 861. The SMILES string of the molecule is CC1(C)CN1P(=O)(Nc1ccn([C@H]2C[C@H](O)[C@@H](CO)O2)c(=O)n1)N1CC1(C)C. The summed E-state index contributed by atoms with van der Waals surface area (Å²) < 4.78 is 24.5. The Morgan fingerprint density at radius 1 is 1.29 bits per heavy atom. The Morgan fingerprint density at radius 3 is 2.29 bits per heavy atom. The van der Waals surface area contributed by atoms with Crippen LogP contribution in [0.5, 0.6) is 0 Å².